The van der Waals surface area contributed by atoms with Crippen molar-refractivity contribution < 1.29 is 29.0 Å². The van der Waals surface area contributed by atoms with Crippen LogP contribution < -0.4 is 20.3 Å². The summed E-state index contributed by atoms with van der Waals surface area (Å²) in [6, 6.07) is 20.2. The summed E-state index contributed by atoms with van der Waals surface area (Å²) >= 11 is 0. The molecular formula is C42H51N5O6. The van der Waals surface area contributed by atoms with Crippen LogP contribution in [0.25, 0.3) is 10.8 Å². The van der Waals surface area contributed by atoms with E-state index in [1.807, 2.05) is 65.6 Å². The highest BCUT2D eigenvalue weighted by atomic mass is 16.5. The minimum Gasteiger partial charge on any atom is -0.495 e. The number of carbonyl (C=O) groups is 4. The summed E-state index contributed by atoms with van der Waals surface area (Å²) in [4.78, 5) is 62.4. The summed E-state index contributed by atoms with van der Waals surface area (Å²) in [6.07, 6.45) is 4.09. The number of para-hydroxylation sites is 2. The second-order valence-corrected chi connectivity index (χ2v) is 16.4. The molecule has 0 aromatic heterocycles. The molecule has 11 nitrogen and oxygen atoms in total. The summed E-state index contributed by atoms with van der Waals surface area (Å²) in [7, 11) is 3.32. The number of fused-ring (bicyclic) bond motifs is 1. The first-order chi connectivity index (χ1) is 25.6. The number of likely N-dealkylation sites (tertiary alicyclic amines) is 1. The van der Waals surface area contributed by atoms with Gasteiger partial charge in [0.15, 0.2) is 0 Å². The Hall–Kier alpha value is -4.64. The highest BCUT2D eigenvalue weighted by molar-refractivity contribution is 5.95. The molecule has 2 aliphatic heterocycles. The minimum absolute atomic E-state index is 0.0123. The lowest BCUT2D eigenvalue weighted by atomic mass is 9.43. The first-order valence-electron chi connectivity index (χ1n) is 19.3. The fraction of sp³-hybridized carbons (Fsp3) is 0.524. The zero-order valence-electron chi connectivity index (χ0n) is 30.8. The van der Waals surface area contributed by atoms with Crippen LogP contribution in [0.15, 0.2) is 66.7 Å². The van der Waals surface area contributed by atoms with Crippen LogP contribution in [0.3, 0.4) is 0 Å². The van der Waals surface area contributed by atoms with E-state index < -0.39 is 34.9 Å². The molecule has 4 aliphatic carbocycles. The number of methoxy groups -OCH3 is 1. The Morgan fingerprint density at radius 1 is 0.868 bits per heavy atom. The lowest BCUT2D eigenvalue weighted by Gasteiger charge is -2.61. The number of hydrogen-bond donors (Lipinski definition) is 3. The van der Waals surface area contributed by atoms with Crippen molar-refractivity contribution in [1.29, 1.82) is 0 Å². The summed E-state index contributed by atoms with van der Waals surface area (Å²) in [5, 5.41) is 19.0. The van der Waals surface area contributed by atoms with Crippen LogP contribution in [-0.2, 0) is 25.6 Å². The third-order valence-electron chi connectivity index (χ3n) is 13.0. The zero-order chi connectivity index (χ0) is 36.9. The van der Waals surface area contributed by atoms with Gasteiger partial charge in [0, 0.05) is 52.6 Å². The van der Waals surface area contributed by atoms with E-state index in [1.54, 1.807) is 19.1 Å². The average molecular weight is 722 g/mol. The number of β-amino-alcohol motifs (C(OH)–C–C–N with tert-alkyl or cyclic N) is 1. The van der Waals surface area contributed by atoms with Crippen molar-refractivity contribution in [2.45, 2.75) is 69.6 Å². The maximum Gasteiger partial charge on any atom is 0.245 e. The Balaban J connectivity index is 1.03. The molecule has 5 atom stereocenters. The summed E-state index contributed by atoms with van der Waals surface area (Å²) in [6.45, 7) is 2.25. The predicted octanol–water partition coefficient (Wildman–Crippen LogP) is 3.52. The van der Waals surface area contributed by atoms with Gasteiger partial charge in [-0.15, -0.1) is 0 Å². The van der Waals surface area contributed by atoms with E-state index in [0.29, 0.717) is 57.3 Å². The van der Waals surface area contributed by atoms with E-state index in [4.69, 9.17) is 4.74 Å². The number of anilines is 1. The minimum atomic E-state index is -0.907. The van der Waals surface area contributed by atoms with Crippen LogP contribution in [0.5, 0.6) is 5.75 Å². The summed E-state index contributed by atoms with van der Waals surface area (Å²) in [5.74, 6) is 0.668. The number of rotatable bonds is 9. The van der Waals surface area contributed by atoms with Crippen LogP contribution in [0.1, 0.15) is 50.5 Å². The fourth-order valence-corrected chi connectivity index (χ4v) is 11.0. The van der Waals surface area contributed by atoms with E-state index in [2.05, 4.69) is 21.6 Å². The summed E-state index contributed by atoms with van der Waals surface area (Å²) in [5.41, 5.74) is 0.619. The molecule has 4 bridgehead atoms. The number of nitrogens with zero attached hydrogens (tertiary/aromatic N) is 3. The van der Waals surface area contributed by atoms with Crippen LogP contribution in [0.4, 0.5) is 5.69 Å². The molecule has 6 aliphatic rings. The Morgan fingerprint density at radius 2 is 1.55 bits per heavy atom. The molecule has 11 heteroatoms. The van der Waals surface area contributed by atoms with E-state index >= 15 is 0 Å². The standard InChI is InChI=1S/C42H51N5O6/c1-43-39(51)41-21-28-17-29(22-41)24-42(23-28,26-41)40(52)47-25-32(48)20-35(47)37(49)44-33(19-27-11-12-30-7-3-4-8-31(30)18-27)38(50)46-15-13-45(14-16-46)34-9-5-6-10-36(34)53-2/h3-12,18,28-29,32-33,35,48H,13-17,19-26H2,1-2H3,(H,43,51)(H,44,49). The maximum atomic E-state index is 14.7. The molecule has 2 heterocycles. The lowest BCUT2D eigenvalue weighted by molar-refractivity contribution is -0.175. The number of hydrogen-bond acceptors (Lipinski definition) is 7. The second-order valence-electron chi connectivity index (χ2n) is 16.4. The van der Waals surface area contributed by atoms with Gasteiger partial charge in [0.25, 0.3) is 0 Å². The van der Waals surface area contributed by atoms with Crippen LogP contribution in [0.2, 0.25) is 0 Å². The third-order valence-corrected chi connectivity index (χ3v) is 13.0. The lowest BCUT2D eigenvalue weighted by Crippen LogP contribution is -2.63. The second kappa shape index (κ2) is 14.0. The van der Waals surface area contributed by atoms with Gasteiger partial charge in [0.2, 0.25) is 23.6 Å². The third kappa shape index (κ3) is 6.51. The molecule has 4 amide bonds. The molecule has 0 spiro atoms. The quantitative estimate of drug-likeness (QED) is 0.308. The Labute approximate surface area is 311 Å². The number of nitrogens with one attached hydrogen (secondary N) is 2. The molecular weight excluding hydrogens is 670 g/mol. The topological polar surface area (TPSA) is 132 Å². The highest BCUT2D eigenvalue weighted by Gasteiger charge is 2.64. The molecule has 4 saturated carbocycles. The Morgan fingerprint density at radius 3 is 2.26 bits per heavy atom. The number of amides is 4. The molecule has 280 valence electrons. The van der Waals surface area contributed by atoms with E-state index in [9.17, 15) is 24.3 Å². The van der Waals surface area contributed by atoms with Gasteiger partial charge in [-0.1, -0.05) is 54.6 Å². The number of carbonyl (C=O) groups excluding carboxylic acids is 4. The first-order valence-corrected chi connectivity index (χ1v) is 19.3. The van der Waals surface area contributed by atoms with Gasteiger partial charge in [-0.25, -0.2) is 0 Å². The van der Waals surface area contributed by atoms with Crippen LogP contribution in [-0.4, -0.2) is 104 Å². The molecule has 53 heavy (non-hydrogen) atoms. The first kappa shape index (κ1) is 35.4. The maximum absolute atomic E-state index is 14.7. The normalized spacial score (nSPS) is 29.6. The van der Waals surface area contributed by atoms with Crippen LogP contribution in [0, 0.1) is 22.7 Å². The van der Waals surface area contributed by atoms with Gasteiger partial charge in [-0.3, -0.25) is 19.2 Å². The molecule has 3 aromatic carbocycles. The van der Waals surface area contributed by atoms with Crippen molar-refractivity contribution in [1.82, 2.24) is 20.4 Å². The average Bonchev–Trinajstić information content (AvgIpc) is 3.57. The largest absolute Gasteiger partial charge is 0.495 e. The number of aliphatic hydroxyl groups is 1. The number of benzene rings is 3. The van der Waals surface area contributed by atoms with E-state index in [1.165, 1.54) is 0 Å². The van der Waals surface area contributed by atoms with Crippen LogP contribution >= 0.6 is 0 Å². The van der Waals surface area contributed by atoms with Crippen molar-refractivity contribution in [3.63, 3.8) is 0 Å². The van der Waals surface area contributed by atoms with Crippen molar-refractivity contribution >= 4 is 40.1 Å². The van der Waals surface area contributed by atoms with Crippen molar-refractivity contribution in [2.75, 3.05) is 51.8 Å². The van der Waals surface area contributed by atoms with Gasteiger partial charge in [-0.05, 0) is 78.8 Å². The molecule has 3 N–H and O–H groups in total. The molecule has 6 fully saturated rings. The molecule has 0 radical (unpaired) electrons. The molecule has 3 aromatic rings. The zero-order valence-corrected chi connectivity index (χ0v) is 30.8. The van der Waals surface area contributed by atoms with Crippen molar-refractivity contribution in [3.8, 4) is 5.75 Å². The predicted molar refractivity (Wildman–Crippen MR) is 201 cm³/mol. The number of aliphatic hydroxyl groups excluding tert-OH is 1. The van der Waals surface area contributed by atoms with Gasteiger partial charge in [0.1, 0.15) is 17.8 Å². The van der Waals surface area contributed by atoms with Gasteiger partial charge < -0.3 is 35.2 Å². The SMILES string of the molecule is CNC(=O)C12CC3CC(C1)CC(C(=O)N1CC(O)CC1C(=O)NC(Cc1ccc4ccccc4c1)C(=O)N1CCN(c4ccccc4OC)CC1)(C3)C2. The molecule has 5 unspecified atom stereocenters. The number of piperazine rings is 1. The Kier molecular flexibility index (Phi) is 9.33. The van der Waals surface area contributed by atoms with E-state index in [0.717, 1.165) is 47.0 Å². The van der Waals surface area contributed by atoms with Crippen molar-refractivity contribution in [3.05, 3.63) is 72.3 Å². The highest BCUT2D eigenvalue weighted by Crippen LogP contribution is 2.66. The number of ether oxygens (including phenoxy) is 1. The fourth-order valence-electron chi connectivity index (χ4n) is 11.0. The van der Waals surface area contributed by atoms with Crippen molar-refractivity contribution in [2.24, 2.45) is 22.7 Å². The molecule has 2 saturated heterocycles. The Bertz CT molecular complexity index is 1890. The smallest absolute Gasteiger partial charge is 0.245 e. The monoisotopic (exact) mass is 721 g/mol. The van der Waals surface area contributed by atoms with Gasteiger partial charge in [-0.2, -0.15) is 0 Å². The van der Waals surface area contributed by atoms with E-state index in [-0.39, 0.29) is 37.1 Å². The summed E-state index contributed by atoms with van der Waals surface area (Å²) < 4.78 is 5.59. The van der Waals surface area contributed by atoms with Gasteiger partial charge in [0.05, 0.1) is 29.7 Å². The van der Waals surface area contributed by atoms with Gasteiger partial charge >= 0.3 is 0 Å². The molecule has 9 rings (SSSR count).